The second kappa shape index (κ2) is 9.36. The summed E-state index contributed by atoms with van der Waals surface area (Å²) >= 11 is 0. The van der Waals surface area contributed by atoms with Crippen molar-refractivity contribution in [1.29, 1.82) is 0 Å². The number of carbonyl (C=O) groups is 1. The number of amides is 1. The molecule has 7 nitrogen and oxygen atoms in total. The number of carbonyl (C=O) groups excluding carboxylic acids is 1. The monoisotopic (exact) mass is 445 g/mol. The molecule has 1 aliphatic heterocycles. The number of aromatic nitrogens is 3. The molecule has 3 heterocycles. The standard InChI is InChI=1S/C25H24FN5O2/c26-22-14-29-25(33-18-6-2-1-3-7-18)30-24(22)31-15-20-19(21(20)16-31)10-12-28-23(32)9-8-17-5-4-11-27-13-17/h1-9,11,13-14,19-21H,10,12,15-16H2,(H,28,32)/b9-8+/t19-,20-,21+. The van der Waals surface area contributed by atoms with Crippen LogP contribution in [0.5, 0.6) is 11.8 Å². The fourth-order valence-electron chi connectivity index (χ4n) is 4.53. The van der Waals surface area contributed by atoms with Crippen molar-refractivity contribution in [2.24, 2.45) is 17.8 Å². The van der Waals surface area contributed by atoms with E-state index in [1.54, 1.807) is 30.6 Å². The van der Waals surface area contributed by atoms with Crippen LogP contribution in [0.25, 0.3) is 6.08 Å². The fraction of sp³-hybridized carbons (Fsp3) is 0.280. The molecule has 8 heteroatoms. The Balaban J connectivity index is 1.09. The average Bonchev–Trinajstić information content (AvgIpc) is 3.28. The number of nitrogens with zero attached hydrogens (tertiary/aromatic N) is 4. The number of benzene rings is 1. The molecule has 5 rings (SSSR count). The van der Waals surface area contributed by atoms with Crippen molar-refractivity contribution in [2.45, 2.75) is 6.42 Å². The molecule has 2 fully saturated rings. The average molecular weight is 445 g/mol. The highest BCUT2D eigenvalue weighted by Crippen LogP contribution is 2.54. The molecule has 1 aliphatic carbocycles. The molecule has 3 aromatic rings. The maximum absolute atomic E-state index is 14.4. The summed E-state index contributed by atoms with van der Waals surface area (Å²) < 4.78 is 20.1. The highest BCUT2D eigenvalue weighted by molar-refractivity contribution is 5.91. The van der Waals surface area contributed by atoms with Gasteiger partial charge < -0.3 is 15.0 Å². The van der Waals surface area contributed by atoms with E-state index in [2.05, 4.69) is 20.3 Å². The number of piperidine rings is 1. The lowest BCUT2D eigenvalue weighted by molar-refractivity contribution is -0.116. The molecule has 1 N–H and O–H groups in total. The molecule has 0 bridgehead atoms. The van der Waals surface area contributed by atoms with E-state index in [-0.39, 0.29) is 17.7 Å². The van der Waals surface area contributed by atoms with Crippen molar-refractivity contribution in [3.05, 3.63) is 78.5 Å². The number of ether oxygens (including phenoxy) is 1. The summed E-state index contributed by atoms with van der Waals surface area (Å²) in [6, 6.07) is 13.1. The minimum absolute atomic E-state index is 0.111. The number of anilines is 1. The van der Waals surface area contributed by atoms with Gasteiger partial charge in [0.15, 0.2) is 11.6 Å². The maximum atomic E-state index is 14.4. The lowest BCUT2D eigenvalue weighted by Gasteiger charge is -2.21. The first-order chi connectivity index (χ1) is 16.2. The Morgan fingerprint density at radius 3 is 2.73 bits per heavy atom. The topological polar surface area (TPSA) is 80.2 Å². The first kappa shape index (κ1) is 21.1. The smallest absolute Gasteiger partial charge is 0.324 e. The Bertz CT molecular complexity index is 1130. The predicted molar refractivity (Wildman–Crippen MR) is 122 cm³/mol. The molecule has 1 aromatic carbocycles. The van der Waals surface area contributed by atoms with Crippen LogP contribution >= 0.6 is 0 Å². The van der Waals surface area contributed by atoms with Gasteiger partial charge in [0, 0.05) is 38.1 Å². The van der Waals surface area contributed by atoms with E-state index in [1.165, 1.54) is 6.08 Å². The Hall–Kier alpha value is -3.81. The number of fused-ring (bicyclic) bond motifs is 1. The van der Waals surface area contributed by atoms with Gasteiger partial charge in [0.1, 0.15) is 5.75 Å². The maximum Gasteiger partial charge on any atom is 0.324 e. The highest BCUT2D eigenvalue weighted by Gasteiger charge is 2.55. The second-order valence-corrected chi connectivity index (χ2v) is 8.34. The van der Waals surface area contributed by atoms with E-state index in [1.807, 2.05) is 35.2 Å². The number of halogens is 1. The largest absolute Gasteiger partial charge is 0.424 e. The summed E-state index contributed by atoms with van der Waals surface area (Å²) in [5.74, 6) is 1.89. The molecule has 1 saturated heterocycles. The quantitative estimate of drug-likeness (QED) is 0.533. The third kappa shape index (κ3) is 5.00. The minimum Gasteiger partial charge on any atom is -0.424 e. The first-order valence-electron chi connectivity index (χ1n) is 11.0. The molecule has 33 heavy (non-hydrogen) atoms. The molecule has 2 aliphatic rings. The summed E-state index contributed by atoms with van der Waals surface area (Å²) in [5.41, 5.74) is 0.888. The van der Waals surface area contributed by atoms with Gasteiger partial charge in [-0.05, 0) is 54.0 Å². The van der Waals surface area contributed by atoms with E-state index in [4.69, 9.17) is 4.74 Å². The zero-order valence-corrected chi connectivity index (χ0v) is 18.0. The van der Waals surface area contributed by atoms with E-state index in [9.17, 15) is 9.18 Å². The van der Waals surface area contributed by atoms with Crippen LogP contribution in [-0.2, 0) is 4.79 Å². The van der Waals surface area contributed by atoms with E-state index in [0.717, 1.165) is 31.3 Å². The van der Waals surface area contributed by atoms with Gasteiger partial charge in [0.05, 0.1) is 6.20 Å². The lowest BCUT2D eigenvalue weighted by Crippen LogP contribution is -2.28. The molecule has 168 valence electrons. The first-order valence-corrected chi connectivity index (χ1v) is 11.0. The van der Waals surface area contributed by atoms with Crippen molar-refractivity contribution in [3.63, 3.8) is 0 Å². The highest BCUT2D eigenvalue weighted by atomic mass is 19.1. The number of rotatable bonds is 8. The van der Waals surface area contributed by atoms with Crippen molar-refractivity contribution >= 4 is 17.8 Å². The van der Waals surface area contributed by atoms with Gasteiger partial charge in [-0.1, -0.05) is 24.3 Å². The van der Waals surface area contributed by atoms with Gasteiger partial charge >= 0.3 is 6.01 Å². The third-order valence-electron chi connectivity index (χ3n) is 6.22. The van der Waals surface area contributed by atoms with Crippen LogP contribution in [0.4, 0.5) is 10.2 Å². The zero-order valence-electron chi connectivity index (χ0n) is 18.0. The Morgan fingerprint density at radius 1 is 1.15 bits per heavy atom. The van der Waals surface area contributed by atoms with Gasteiger partial charge in [-0.2, -0.15) is 4.98 Å². The molecule has 0 spiro atoms. The lowest BCUT2D eigenvalue weighted by atomic mass is 10.2. The minimum atomic E-state index is -0.444. The van der Waals surface area contributed by atoms with Crippen LogP contribution in [0.1, 0.15) is 12.0 Å². The number of nitrogens with one attached hydrogen (secondary N) is 1. The van der Waals surface area contributed by atoms with E-state index in [0.29, 0.717) is 30.0 Å². The molecular formula is C25H24FN5O2. The van der Waals surface area contributed by atoms with E-state index >= 15 is 0 Å². The van der Waals surface area contributed by atoms with E-state index < -0.39 is 5.82 Å². The summed E-state index contributed by atoms with van der Waals surface area (Å²) in [7, 11) is 0. The summed E-state index contributed by atoms with van der Waals surface area (Å²) in [5, 5.41) is 2.94. The van der Waals surface area contributed by atoms with Crippen LogP contribution < -0.4 is 15.0 Å². The Morgan fingerprint density at radius 2 is 1.97 bits per heavy atom. The SMILES string of the molecule is O=C(/C=C/c1cccnc1)NCC[C@@H]1[C@H]2CN(c3nc(Oc4ccccc4)ncc3F)C[C@@H]12. The van der Waals surface area contributed by atoms with Crippen molar-refractivity contribution in [3.8, 4) is 11.8 Å². The predicted octanol–water partition coefficient (Wildman–Crippen LogP) is 3.70. The second-order valence-electron chi connectivity index (χ2n) is 8.34. The number of pyridine rings is 1. The van der Waals surface area contributed by atoms with Crippen LogP contribution in [0.3, 0.4) is 0 Å². The molecule has 0 unspecified atom stereocenters. The van der Waals surface area contributed by atoms with Gasteiger partial charge in [-0.3, -0.25) is 9.78 Å². The number of para-hydroxylation sites is 1. The third-order valence-corrected chi connectivity index (χ3v) is 6.22. The summed E-state index contributed by atoms with van der Waals surface area (Å²) in [6.45, 7) is 2.14. The van der Waals surface area contributed by atoms with Crippen molar-refractivity contribution in [1.82, 2.24) is 20.3 Å². The Kier molecular flexibility index (Phi) is 5.97. The summed E-state index contributed by atoms with van der Waals surface area (Å²) in [4.78, 5) is 26.3. The Labute approximate surface area is 191 Å². The van der Waals surface area contributed by atoms with Gasteiger partial charge in [-0.15, -0.1) is 0 Å². The molecule has 0 radical (unpaired) electrons. The zero-order chi connectivity index (χ0) is 22.6. The van der Waals surface area contributed by atoms with Crippen molar-refractivity contribution in [2.75, 3.05) is 24.5 Å². The number of hydrogen-bond donors (Lipinski definition) is 1. The van der Waals surface area contributed by atoms with Crippen LogP contribution in [-0.4, -0.2) is 40.5 Å². The molecule has 2 aromatic heterocycles. The van der Waals surface area contributed by atoms with Crippen LogP contribution in [0, 0.1) is 23.6 Å². The van der Waals surface area contributed by atoms with Gasteiger partial charge in [-0.25, -0.2) is 9.37 Å². The van der Waals surface area contributed by atoms with Crippen molar-refractivity contribution < 1.29 is 13.9 Å². The molecule has 1 saturated carbocycles. The number of hydrogen-bond acceptors (Lipinski definition) is 6. The normalized spacial score (nSPS) is 21.1. The molecule has 1 amide bonds. The fourth-order valence-corrected chi connectivity index (χ4v) is 4.53. The summed E-state index contributed by atoms with van der Waals surface area (Å²) in [6.07, 6.45) is 8.76. The molecule has 3 atom stereocenters. The van der Waals surface area contributed by atoms with Crippen LogP contribution in [0.2, 0.25) is 0 Å². The van der Waals surface area contributed by atoms with Gasteiger partial charge in [0.2, 0.25) is 5.91 Å². The van der Waals surface area contributed by atoms with Crippen LogP contribution in [0.15, 0.2) is 67.1 Å². The van der Waals surface area contributed by atoms with Gasteiger partial charge in [0.25, 0.3) is 0 Å². The molecular weight excluding hydrogens is 421 g/mol.